The van der Waals surface area contributed by atoms with Crippen LogP contribution < -0.4 is 5.73 Å². The van der Waals surface area contributed by atoms with E-state index in [4.69, 9.17) is 5.73 Å². The lowest BCUT2D eigenvalue weighted by Crippen LogP contribution is -2.30. The summed E-state index contributed by atoms with van der Waals surface area (Å²) in [6.45, 7) is 4.55. The van der Waals surface area contributed by atoms with Crippen LogP contribution in [0.4, 0.5) is 0 Å². The summed E-state index contributed by atoms with van der Waals surface area (Å²) >= 11 is 0. The van der Waals surface area contributed by atoms with Gasteiger partial charge in [0.15, 0.2) is 0 Å². The van der Waals surface area contributed by atoms with Crippen molar-refractivity contribution in [1.82, 2.24) is 4.90 Å². The SMILES string of the molecule is NCc1ccccc1CCN(CC1CC1)CC1CC1. The van der Waals surface area contributed by atoms with Crippen LogP contribution in [0.2, 0.25) is 0 Å². The van der Waals surface area contributed by atoms with Crippen molar-refractivity contribution in [1.29, 1.82) is 0 Å². The van der Waals surface area contributed by atoms with Crippen molar-refractivity contribution < 1.29 is 0 Å². The minimum Gasteiger partial charge on any atom is -0.326 e. The Morgan fingerprint density at radius 2 is 1.53 bits per heavy atom. The Morgan fingerprint density at radius 3 is 2.05 bits per heavy atom. The minimum absolute atomic E-state index is 0.668. The predicted octanol–water partition coefficient (Wildman–Crippen LogP) is 2.81. The molecule has 0 bridgehead atoms. The maximum atomic E-state index is 5.82. The van der Waals surface area contributed by atoms with Crippen molar-refractivity contribution in [3.8, 4) is 0 Å². The number of rotatable bonds is 8. The molecule has 2 heteroatoms. The third-order valence-electron chi connectivity index (χ3n) is 4.46. The summed E-state index contributed by atoms with van der Waals surface area (Å²) < 4.78 is 0. The van der Waals surface area contributed by atoms with E-state index in [0.717, 1.165) is 18.3 Å². The van der Waals surface area contributed by atoms with E-state index >= 15 is 0 Å². The molecule has 0 amide bonds. The monoisotopic (exact) mass is 258 g/mol. The van der Waals surface area contributed by atoms with Gasteiger partial charge in [-0.15, -0.1) is 0 Å². The average molecular weight is 258 g/mol. The van der Waals surface area contributed by atoms with Gasteiger partial charge >= 0.3 is 0 Å². The lowest BCUT2D eigenvalue weighted by Gasteiger charge is -2.22. The van der Waals surface area contributed by atoms with Crippen molar-refractivity contribution in [2.75, 3.05) is 19.6 Å². The van der Waals surface area contributed by atoms with Crippen LogP contribution in [0.25, 0.3) is 0 Å². The number of hydrogen-bond donors (Lipinski definition) is 1. The summed E-state index contributed by atoms with van der Waals surface area (Å²) in [6.07, 6.45) is 7.00. The quantitative estimate of drug-likeness (QED) is 0.777. The predicted molar refractivity (Wildman–Crippen MR) is 79.9 cm³/mol. The number of nitrogens with zero attached hydrogens (tertiary/aromatic N) is 1. The standard InChI is InChI=1S/C17H26N2/c18-11-17-4-2-1-3-16(17)9-10-19(12-14-5-6-14)13-15-7-8-15/h1-4,14-15H,5-13,18H2. The van der Waals surface area contributed by atoms with Gasteiger partial charge in [-0.25, -0.2) is 0 Å². The zero-order valence-electron chi connectivity index (χ0n) is 11.9. The summed E-state index contributed by atoms with van der Waals surface area (Å²) in [5.74, 6) is 2.01. The highest BCUT2D eigenvalue weighted by Gasteiger charge is 2.28. The summed E-state index contributed by atoms with van der Waals surface area (Å²) in [7, 11) is 0. The first-order valence-corrected chi connectivity index (χ1v) is 7.84. The van der Waals surface area contributed by atoms with E-state index in [1.54, 1.807) is 0 Å². The van der Waals surface area contributed by atoms with E-state index in [1.807, 2.05) is 0 Å². The van der Waals surface area contributed by atoms with Crippen molar-refractivity contribution in [3.05, 3.63) is 35.4 Å². The van der Waals surface area contributed by atoms with Crippen molar-refractivity contribution >= 4 is 0 Å². The highest BCUT2D eigenvalue weighted by atomic mass is 15.1. The molecule has 0 aliphatic heterocycles. The Hall–Kier alpha value is -0.860. The fourth-order valence-electron chi connectivity index (χ4n) is 2.87. The first-order chi connectivity index (χ1) is 9.35. The molecule has 2 nitrogen and oxygen atoms in total. The molecule has 2 fully saturated rings. The van der Waals surface area contributed by atoms with E-state index < -0.39 is 0 Å². The molecule has 0 spiro atoms. The van der Waals surface area contributed by atoms with E-state index in [-0.39, 0.29) is 0 Å². The summed E-state index contributed by atoms with van der Waals surface area (Å²) in [5.41, 5.74) is 8.59. The van der Waals surface area contributed by atoms with E-state index in [1.165, 1.54) is 56.4 Å². The van der Waals surface area contributed by atoms with Gasteiger partial charge in [-0.3, -0.25) is 0 Å². The van der Waals surface area contributed by atoms with Gasteiger partial charge < -0.3 is 10.6 Å². The Morgan fingerprint density at radius 1 is 0.947 bits per heavy atom. The zero-order chi connectivity index (χ0) is 13.1. The molecule has 19 heavy (non-hydrogen) atoms. The zero-order valence-corrected chi connectivity index (χ0v) is 11.9. The number of hydrogen-bond acceptors (Lipinski definition) is 2. The van der Waals surface area contributed by atoms with Crippen molar-refractivity contribution in [3.63, 3.8) is 0 Å². The molecule has 3 rings (SSSR count). The molecule has 2 N–H and O–H groups in total. The fraction of sp³-hybridized carbons (Fsp3) is 0.647. The molecule has 1 aromatic carbocycles. The average Bonchev–Trinajstić information content (AvgIpc) is 3.32. The molecule has 0 unspecified atom stereocenters. The fourth-order valence-corrected chi connectivity index (χ4v) is 2.87. The Labute approximate surface area is 117 Å². The number of benzene rings is 1. The molecule has 0 saturated heterocycles. The first kappa shape index (κ1) is 13.1. The minimum atomic E-state index is 0.668. The normalized spacial score (nSPS) is 19.1. The number of nitrogens with two attached hydrogens (primary N) is 1. The smallest absolute Gasteiger partial charge is 0.0180 e. The molecule has 2 saturated carbocycles. The van der Waals surface area contributed by atoms with Gasteiger partial charge in [0, 0.05) is 26.2 Å². The second-order valence-electron chi connectivity index (χ2n) is 6.37. The van der Waals surface area contributed by atoms with Crippen LogP contribution in [0.5, 0.6) is 0 Å². The van der Waals surface area contributed by atoms with Crippen LogP contribution in [-0.4, -0.2) is 24.5 Å². The molecule has 0 radical (unpaired) electrons. The van der Waals surface area contributed by atoms with E-state index in [0.29, 0.717) is 6.54 Å². The van der Waals surface area contributed by atoms with E-state index in [2.05, 4.69) is 29.2 Å². The Kier molecular flexibility index (Phi) is 4.19. The van der Waals surface area contributed by atoms with Crippen LogP contribution in [0.1, 0.15) is 36.8 Å². The Bertz CT molecular complexity index is 393. The van der Waals surface area contributed by atoms with Crippen LogP contribution in [-0.2, 0) is 13.0 Å². The summed E-state index contributed by atoms with van der Waals surface area (Å²) in [5, 5.41) is 0. The molecule has 2 aliphatic carbocycles. The summed E-state index contributed by atoms with van der Waals surface area (Å²) in [6, 6.07) is 8.65. The van der Waals surface area contributed by atoms with Crippen LogP contribution in [0, 0.1) is 11.8 Å². The van der Waals surface area contributed by atoms with Gasteiger partial charge in [0.2, 0.25) is 0 Å². The van der Waals surface area contributed by atoms with Crippen LogP contribution in [0.15, 0.2) is 24.3 Å². The van der Waals surface area contributed by atoms with E-state index in [9.17, 15) is 0 Å². The largest absolute Gasteiger partial charge is 0.326 e. The molecule has 104 valence electrons. The van der Waals surface area contributed by atoms with Crippen LogP contribution >= 0.6 is 0 Å². The third kappa shape index (κ3) is 4.05. The van der Waals surface area contributed by atoms with Crippen molar-refractivity contribution in [2.24, 2.45) is 17.6 Å². The topological polar surface area (TPSA) is 29.3 Å². The third-order valence-corrected chi connectivity index (χ3v) is 4.46. The highest BCUT2D eigenvalue weighted by molar-refractivity contribution is 5.27. The van der Waals surface area contributed by atoms with Crippen molar-refractivity contribution in [2.45, 2.75) is 38.6 Å². The summed E-state index contributed by atoms with van der Waals surface area (Å²) in [4.78, 5) is 2.71. The van der Waals surface area contributed by atoms with Gasteiger partial charge in [0.25, 0.3) is 0 Å². The molecule has 1 aromatic rings. The maximum Gasteiger partial charge on any atom is 0.0180 e. The molecule has 0 aromatic heterocycles. The highest BCUT2D eigenvalue weighted by Crippen LogP contribution is 2.33. The molecular weight excluding hydrogens is 232 g/mol. The van der Waals surface area contributed by atoms with Gasteiger partial charge in [0.05, 0.1) is 0 Å². The lowest BCUT2D eigenvalue weighted by molar-refractivity contribution is 0.255. The van der Waals surface area contributed by atoms with Gasteiger partial charge in [-0.1, -0.05) is 24.3 Å². The second-order valence-corrected chi connectivity index (χ2v) is 6.37. The Balaban J connectivity index is 1.54. The van der Waals surface area contributed by atoms with Gasteiger partial charge in [-0.2, -0.15) is 0 Å². The molecule has 0 heterocycles. The van der Waals surface area contributed by atoms with Crippen LogP contribution in [0.3, 0.4) is 0 Å². The lowest BCUT2D eigenvalue weighted by atomic mass is 10.0. The first-order valence-electron chi connectivity index (χ1n) is 7.84. The van der Waals surface area contributed by atoms with Gasteiger partial charge in [0.1, 0.15) is 0 Å². The molecule has 2 aliphatic rings. The van der Waals surface area contributed by atoms with Gasteiger partial charge in [-0.05, 0) is 55.1 Å². The second kappa shape index (κ2) is 6.06. The molecular formula is C17H26N2. The maximum absolute atomic E-state index is 5.82. The molecule has 0 atom stereocenters.